The third-order valence-corrected chi connectivity index (χ3v) is 4.48. The van der Waals surface area contributed by atoms with Gasteiger partial charge in [-0.1, -0.05) is 0 Å². The van der Waals surface area contributed by atoms with Crippen LogP contribution in [0.25, 0.3) is 0 Å². The van der Waals surface area contributed by atoms with Crippen molar-refractivity contribution in [2.24, 2.45) is 5.73 Å². The second kappa shape index (κ2) is 9.83. The lowest BCUT2D eigenvalue weighted by atomic mass is 10.1. The summed E-state index contributed by atoms with van der Waals surface area (Å²) in [6.45, 7) is 1.53. The number of benzene rings is 2. The van der Waals surface area contributed by atoms with Gasteiger partial charge in [-0.15, -0.1) is 13.2 Å². The maximum absolute atomic E-state index is 14.7. The van der Waals surface area contributed by atoms with Crippen LogP contribution in [-0.4, -0.2) is 30.3 Å². The van der Waals surface area contributed by atoms with E-state index in [0.29, 0.717) is 11.6 Å². The van der Waals surface area contributed by atoms with Gasteiger partial charge in [0.2, 0.25) is 0 Å². The van der Waals surface area contributed by atoms with Gasteiger partial charge in [0.05, 0.1) is 7.11 Å². The molecule has 35 heavy (non-hydrogen) atoms. The van der Waals surface area contributed by atoms with Crippen molar-refractivity contribution < 1.29 is 45.8 Å². The van der Waals surface area contributed by atoms with Crippen LogP contribution < -0.4 is 25.3 Å². The van der Waals surface area contributed by atoms with E-state index in [2.05, 4.69) is 15.0 Å². The second-order valence-electron chi connectivity index (χ2n) is 6.90. The number of halogens is 5. The van der Waals surface area contributed by atoms with Crippen LogP contribution in [0.4, 0.5) is 27.6 Å². The number of primary amides is 1. The number of hydrogen-bond acceptors (Lipinski definition) is 6. The monoisotopic (exact) mass is 497 g/mol. The molecule has 0 aliphatic heterocycles. The van der Waals surface area contributed by atoms with Gasteiger partial charge in [-0.25, -0.2) is 8.78 Å². The van der Waals surface area contributed by atoms with E-state index in [1.54, 1.807) is 0 Å². The number of nitrogens with zero attached hydrogens (tertiary/aromatic N) is 1. The molecule has 0 atom stereocenters. The third-order valence-electron chi connectivity index (χ3n) is 4.48. The standard InChI is InChI=1S/C22H16F5N3O5/c1-10-9-29-14(20(28)31)8-13(10)30-21(32)18-16(6-4-12(23)19(18)24)34-15-5-3-11(7-17(15)33-2)35-22(25,26)27/h3-9H,1-2H3,(H2,28,31)(H,29,30,32). The summed E-state index contributed by atoms with van der Waals surface area (Å²) in [5.74, 6) is -6.54. The number of methoxy groups -OCH3 is 1. The molecule has 1 aromatic heterocycles. The Kier molecular flexibility index (Phi) is 7.08. The van der Waals surface area contributed by atoms with E-state index in [1.807, 2.05) is 0 Å². The van der Waals surface area contributed by atoms with Gasteiger partial charge in [-0.3, -0.25) is 14.6 Å². The first-order valence-corrected chi connectivity index (χ1v) is 9.57. The maximum Gasteiger partial charge on any atom is 0.573 e. The summed E-state index contributed by atoms with van der Waals surface area (Å²) in [5.41, 5.74) is 4.55. The first kappa shape index (κ1) is 25.2. The largest absolute Gasteiger partial charge is 0.573 e. The van der Waals surface area contributed by atoms with Crippen molar-refractivity contribution in [2.45, 2.75) is 13.3 Å². The van der Waals surface area contributed by atoms with Crippen molar-refractivity contribution in [3.8, 4) is 23.0 Å². The molecule has 0 aliphatic carbocycles. The van der Waals surface area contributed by atoms with Gasteiger partial charge in [-0.2, -0.15) is 0 Å². The summed E-state index contributed by atoms with van der Waals surface area (Å²) in [6, 6.07) is 5.56. The van der Waals surface area contributed by atoms with Crippen LogP contribution in [0.2, 0.25) is 0 Å². The fraction of sp³-hybridized carbons (Fsp3) is 0.136. The van der Waals surface area contributed by atoms with E-state index in [4.69, 9.17) is 15.2 Å². The van der Waals surface area contributed by atoms with Crippen LogP contribution in [0.3, 0.4) is 0 Å². The Bertz CT molecular complexity index is 1300. The van der Waals surface area contributed by atoms with Crippen molar-refractivity contribution in [3.63, 3.8) is 0 Å². The van der Waals surface area contributed by atoms with Crippen LogP contribution in [0, 0.1) is 18.6 Å². The molecule has 2 amide bonds. The highest BCUT2D eigenvalue weighted by Crippen LogP contribution is 2.38. The smallest absolute Gasteiger partial charge is 0.493 e. The van der Waals surface area contributed by atoms with Crippen molar-refractivity contribution in [2.75, 3.05) is 12.4 Å². The van der Waals surface area contributed by atoms with E-state index < -0.39 is 46.9 Å². The van der Waals surface area contributed by atoms with Gasteiger partial charge < -0.3 is 25.3 Å². The topological polar surface area (TPSA) is 113 Å². The Morgan fingerprint density at radius 1 is 1.03 bits per heavy atom. The highest BCUT2D eigenvalue weighted by Gasteiger charge is 2.31. The number of carbonyl (C=O) groups excluding carboxylic acids is 2. The maximum atomic E-state index is 14.7. The van der Waals surface area contributed by atoms with Crippen molar-refractivity contribution >= 4 is 17.5 Å². The van der Waals surface area contributed by atoms with Crippen LogP contribution in [0.5, 0.6) is 23.0 Å². The summed E-state index contributed by atoms with van der Waals surface area (Å²) in [4.78, 5) is 28.1. The Labute approximate surface area is 194 Å². The van der Waals surface area contributed by atoms with Crippen LogP contribution >= 0.6 is 0 Å². The number of nitrogens with one attached hydrogen (secondary N) is 1. The van der Waals surface area contributed by atoms with Crippen molar-refractivity contribution in [1.82, 2.24) is 4.98 Å². The number of carbonyl (C=O) groups is 2. The van der Waals surface area contributed by atoms with Crippen molar-refractivity contribution in [3.05, 3.63) is 71.1 Å². The SMILES string of the molecule is COc1cc(OC(F)(F)F)ccc1Oc1ccc(F)c(F)c1C(=O)Nc1cc(C(N)=O)ncc1C. The number of hydrogen-bond donors (Lipinski definition) is 2. The Morgan fingerprint density at radius 3 is 2.34 bits per heavy atom. The zero-order valence-electron chi connectivity index (χ0n) is 18.0. The van der Waals surface area contributed by atoms with Crippen molar-refractivity contribution in [1.29, 1.82) is 0 Å². The van der Waals surface area contributed by atoms with Gasteiger partial charge in [0, 0.05) is 18.0 Å². The Hall–Kier alpha value is -4.42. The van der Waals surface area contributed by atoms with E-state index in [9.17, 15) is 31.5 Å². The number of anilines is 1. The molecule has 3 rings (SSSR count). The number of amides is 2. The molecule has 1 heterocycles. The minimum atomic E-state index is -4.96. The first-order chi connectivity index (χ1) is 16.4. The average Bonchev–Trinajstić information content (AvgIpc) is 2.77. The fourth-order valence-corrected chi connectivity index (χ4v) is 2.86. The summed E-state index contributed by atoms with van der Waals surface area (Å²) < 4.78 is 80.4. The Balaban J connectivity index is 1.98. The predicted molar refractivity (Wildman–Crippen MR) is 112 cm³/mol. The molecule has 0 unspecified atom stereocenters. The van der Waals surface area contributed by atoms with Crippen LogP contribution in [-0.2, 0) is 0 Å². The molecule has 8 nitrogen and oxygen atoms in total. The van der Waals surface area contributed by atoms with Gasteiger partial charge in [-0.05, 0) is 42.8 Å². The average molecular weight is 497 g/mol. The lowest BCUT2D eigenvalue weighted by Crippen LogP contribution is -2.19. The molecule has 13 heteroatoms. The number of alkyl halides is 3. The lowest BCUT2D eigenvalue weighted by molar-refractivity contribution is -0.274. The second-order valence-corrected chi connectivity index (χ2v) is 6.90. The molecule has 3 aromatic rings. The normalized spacial score (nSPS) is 11.1. The number of aryl methyl sites for hydroxylation is 1. The third kappa shape index (κ3) is 5.93. The van der Waals surface area contributed by atoms with Gasteiger partial charge in [0.25, 0.3) is 11.8 Å². The van der Waals surface area contributed by atoms with E-state index in [-0.39, 0.29) is 22.9 Å². The van der Waals surface area contributed by atoms with Gasteiger partial charge in [0.15, 0.2) is 23.1 Å². The van der Waals surface area contributed by atoms with E-state index in [0.717, 1.165) is 37.4 Å². The van der Waals surface area contributed by atoms with Crippen LogP contribution in [0.15, 0.2) is 42.6 Å². The number of pyridine rings is 1. The van der Waals surface area contributed by atoms with E-state index in [1.165, 1.54) is 13.1 Å². The minimum Gasteiger partial charge on any atom is -0.493 e. The molecule has 0 spiro atoms. The quantitative estimate of drug-likeness (QED) is 0.457. The molecule has 0 aliphatic rings. The van der Waals surface area contributed by atoms with E-state index >= 15 is 0 Å². The highest BCUT2D eigenvalue weighted by molar-refractivity contribution is 6.07. The number of ether oxygens (including phenoxy) is 3. The number of nitrogens with two attached hydrogens (primary N) is 1. The molecule has 0 fully saturated rings. The summed E-state index contributed by atoms with van der Waals surface area (Å²) in [7, 11) is 1.13. The molecule has 3 N–H and O–H groups in total. The molecule has 0 bridgehead atoms. The molecular weight excluding hydrogens is 481 g/mol. The first-order valence-electron chi connectivity index (χ1n) is 9.57. The molecular formula is C22H16F5N3O5. The highest BCUT2D eigenvalue weighted by atomic mass is 19.4. The van der Waals surface area contributed by atoms with Gasteiger partial charge in [0.1, 0.15) is 22.8 Å². The Morgan fingerprint density at radius 2 is 1.71 bits per heavy atom. The number of rotatable bonds is 7. The molecule has 0 radical (unpaired) electrons. The molecule has 0 saturated heterocycles. The zero-order valence-corrected chi connectivity index (χ0v) is 18.0. The van der Waals surface area contributed by atoms with Crippen LogP contribution in [0.1, 0.15) is 26.4 Å². The zero-order chi connectivity index (χ0) is 25.9. The van der Waals surface area contributed by atoms with Gasteiger partial charge >= 0.3 is 6.36 Å². The molecule has 2 aromatic carbocycles. The molecule has 0 saturated carbocycles. The number of aromatic nitrogens is 1. The molecule has 184 valence electrons. The summed E-state index contributed by atoms with van der Waals surface area (Å²) in [5, 5.41) is 2.33. The summed E-state index contributed by atoms with van der Waals surface area (Å²) >= 11 is 0. The predicted octanol–water partition coefficient (Wildman–Crippen LogP) is 4.72. The fourth-order valence-electron chi connectivity index (χ4n) is 2.86. The summed E-state index contributed by atoms with van der Waals surface area (Å²) in [6.07, 6.45) is -3.72. The lowest BCUT2D eigenvalue weighted by Gasteiger charge is -2.16. The minimum absolute atomic E-state index is 0.0413.